The zero-order valence-electron chi connectivity index (χ0n) is 10.6. The summed E-state index contributed by atoms with van der Waals surface area (Å²) in [4.78, 5) is 22.4. The van der Waals surface area contributed by atoms with Crippen LogP contribution in [0, 0.1) is 5.92 Å². The first-order valence-electron chi connectivity index (χ1n) is 6.21. The van der Waals surface area contributed by atoms with E-state index in [2.05, 4.69) is 5.32 Å². The van der Waals surface area contributed by atoms with E-state index >= 15 is 0 Å². The second kappa shape index (κ2) is 6.42. The summed E-state index contributed by atoms with van der Waals surface area (Å²) < 4.78 is 0. The van der Waals surface area contributed by atoms with Crippen molar-refractivity contribution in [1.82, 2.24) is 5.32 Å². The Morgan fingerprint density at radius 1 is 1.12 bits per heavy atom. The number of rotatable bonds is 4. The summed E-state index contributed by atoms with van der Waals surface area (Å²) in [5, 5.41) is 11.6. The van der Waals surface area contributed by atoms with E-state index in [-0.39, 0.29) is 11.5 Å². The van der Waals surface area contributed by atoms with Crippen molar-refractivity contribution < 1.29 is 14.7 Å². The first kappa shape index (κ1) is 13.7. The van der Waals surface area contributed by atoms with Gasteiger partial charge in [0, 0.05) is 17.7 Å². The molecule has 0 unspecified atom stereocenters. The average molecular weight is 239 g/mol. The molecule has 0 aromatic rings. The van der Waals surface area contributed by atoms with E-state index < -0.39 is 5.97 Å². The molecule has 0 bridgehead atoms. The van der Waals surface area contributed by atoms with Gasteiger partial charge in [-0.1, -0.05) is 19.3 Å². The van der Waals surface area contributed by atoms with Crippen LogP contribution in [0.5, 0.6) is 0 Å². The second-order valence-corrected chi connectivity index (χ2v) is 4.77. The van der Waals surface area contributed by atoms with E-state index in [1.165, 1.54) is 39.0 Å². The van der Waals surface area contributed by atoms with E-state index in [1.807, 2.05) is 0 Å². The number of carbonyl (C=O) groups is 2. The van der Waals surface area contributed by atoms with E-state index in [4.69, 9.17) is 5.11 Å². The molecule has 0 saturated heterocycles. The van der Waals surface area contributed by atoms with Crippen LogP contribution < -0.4 is 5.32 Å². The number of carbonyl (C=O) groups excluding carboxylic acids is 1. The third-order valence-corrected chi connectivity index (χ3v) is 3.50. The zero-order valence-corrected chi connectivity index (χ0v) is 10.6. The average Bonchev–Trinajstić information content (AvgIpc) is 2.35. The summed E-state index contributed by atoms with van der Waals surface area (Å²) >= 11 is 0. The minimum Gasteiger partial charge on any atom is -0.478 e. The van der Waals surface area contributed by atoms with Gasteiger partial charge in [0.1, 0.15) is 0 Å². The van der Waals surface area contributed by atoms with Gasteiger partial charge in [-0.3, -0.25) is 4.79 Å². The lowest BCUT2D eigenvalue weighted by Crippen LogP contribution is -2.31. The molecule has 1 rings (SSSR count). The highest BCUT2D eigenvalue weighted by Gasteiger charge is 2.16. The van der Waals surface area contributed by atoms with Crippen molar-refractivity contribution in [3.63, 3.8) is 0 Å². The van der Waals surface area contributed by atoms with Crippen LogP contribution in [0.2, 0.25) is 0 Å². The third kappa shape index (κ3) is 4.21. The molecule has 17 heavy (non-hydrogen) atoms. The Bertz CT molecular complexity index is 328. The first-order valence-corrected chi connectivity index (χ1v) is 6.21. The normalized spacial score (nSPS) is 18.5. The van der Waals surface area contributed by atoms with Crippen LogP contribution in [0.1, 0.15) is 46.0 Å². The minimum atomic E-state index is -1.03. The SMILES string of the molecule is CC(C(=O)O)=C(C)C(=O)NCC1CCCCC1. The molecule has 1 aliphatic rings. The topological polar surface area (TPSA) is 66.4 Å². The van der Waals surface area contributed by atoms with Crippen LogP contribution in [-0.4, -0.2) is 23.5 Å². The molecule has 4 heteroatoms. The van der Waals surface area contributed by atoms with Crippen molar-refractivity contribution in [3.05, 3.63) is 11.1 Å². The minimum absolute atomic E-state index is 0.117. The fourth-order valence-corrected chi connectivity index (χ4v) is 2.09. The number of aliphatic carboxylic acids is 1. The summed E-state index contributed by atoms with van der Waals surface area (Å²) in [5.41, 5.74) is 0.416. The lowest BCUT2D eigenvalue weighted by Gasteiger charge is -2.21. The highest BCUT2D eigenvalue weighted by molar-refractivity contribution is 6.01. The highest BCUT2D eigenvalue weighted by Crippen LogP contribution is 2.22. The third-order valence-electron chi connectivity index (χ3n) is 3.50. The van der Waals surface area contributed by atoms with E-state index in [0.717, 1.165) is 0 Å². The van der Waals surface area contributed by atoms with Gasteiger partial charge in [-0.05, 0) is 32.6 Å². The van der Waals surface area contributed by atoms with E-state index in [9.17, 15) is 9.59 Å². The van der Waals surface area contributed by atoms with Crippen LogP contribution in [0.3, 0.4) is 0 Å². The van der Waals surface area contributed by atoms with Gasteiger partial charge in [-0.25, -0.2) is 4.79 Å². The van der Waals surface area contributed by atoms with Gasteiger partial charge in [-0.15, -0.1) is 0 Å². The summed E-state index contributed by atoms with van der Waals surface area (Å²) in [6.45, 7) is 3.68. The standard InChI is InChI=1S/C13H21NO3/c1-9(10(2)13(16)17)12(15)14-8-11-6-4-3-5-7-11/h11H,3-8H2,1-2H3,(H,14,15)(H,16,17). The predicted octanol–water partition coefficient (Wildman–Crippen LogP) is 2.10. The number of hydrogen-bond donors (Lipinski definition) is 2. The molecule has 1 aliphatic carbocycles. The Kier molecular flexibility index (Phi) is 5.19. The van der Waals surface area contributed by atoms with Crippen LogP contribution in [0.15, 0.2) is 11.1 Å². The molecule has 1 saturated carbocycles. The van der Waals surface area contributed by atoms with Gasteiger partial charge < -0.3 is 10.4 Å². The Hall–Kier alpha value is -1.32. The van der Waals surface area contributed by atoms with Crippen molar-refractivity contribution in [3.8, 4) is 0 Å². The van der Waals surface area contributed by atoms with Gasteiger partial charge in [-0.2, -0.15) is 0 Å². The zero-order chi connectivity index (χ0) is 12.8. The first-order chi connectivity index (χ1) is 8.02. The molecule has 96 valence electrons. The lowest BCUT2D eigenvalue weighted by molar-refractivity contribution is -0.133. The van der Waals surface area contributed by atoms with Gasteiger partial charge in [0.2, 0.25) is 5.91 Å². The summed E-state index contributed by atoms with van der Waals surface area (Å²) in [5.74, 6) is -0.726. The van der Waals surface area contributed by atoms with Gasteiger partial charge >= 0.3 is 5.97 Å². The summed E-state index contributed by atoms with van der Waals surface area (Å²) in [7, 11) is 0. The summed E-state index contributed by atoms with van der Waals surface area (Å²) in [6.07, 6.45) is 6.11. The molecule has 4 nitrogen and oxygen atoms in total. The molecule has 0 aromatic carbocycles. The molecule has 1 amide bonds. The van der Waals surface area contributed by atoms with E-state index in [0.29, 0.717) is 18.0 Å². The molecule has 0 spiro atoms. The fourth-order valence-electron chi connectivity index (χ4n) is 2.09. The molecule has 0 atom stereocenters. The molecule has 0 heterocycles. The van der Waals surface area contributed by atoms with Gasteiger partial charge in [0.15, 0.2) is 0 Å². The maximum atomic E-state index is 11.7. The maximum Gasteiger partial charge on any atom is 0.331 e. The van der Waals surface area contributed by atoms with Crippen molar-refractivity contribution in [2.75, 3.05) is 6.54 Å². The number of carboxylic acid groups (broad SMARTS) is 1. The fraction of sp³-hybridized carbons (Fsp3) is 0.692. The van der Waals surface area contributed by atoms with Crippen LogP contribution in [-0.2, 0) is 9.59 Å². The maximum absolute atomic E-state index is 11.7. The molecular formula is C13H21NO3. The largest absolute Gasteiger partial charge is 0.478 e. The Labute approximate surface area is 102 Å². The molecule has 0 aromatic heterocycles. The van der Waals surface area contributed by atoms with Crippen molar-refractivity contribution in [1.29, 1.82) is 0 Å². The molecule has 0 aliphatic heterocycles. The summed E-state index contributed by atoms with van der Waals surface area (Å²) in [6, 6.07) is 0. The molecular weight excluding hydrogens is 218 g/mol. The lowest BCUT2D eigenvalue weighted by atomic mass is 9.89. The number of carboxylic acids is 1. The van der Waals surface area contributed by atoms with E-state index in [1.54, 1.807) is 6.92 Å². The quantitative estimate of drug-likeness (QED) is 0.738. The monoisotopic (exact) mass is 239 g/mol. The molecule has 1 fully saturated rings. The molecule has 2 N–H and O–H groups in total. The van der Waals surface area contributed by atoms with Crippen molar-refractivity contribution >= 4 is 11.9 Å². The second-order valence-electron chi connectivity index (χ2n) is 4.77. The number of hydrogen-bond acceptors (Lipinski definition) is 2. The Morgan fingerprint density at radius 3 is 2.24 bits per heavy atom. The van der Waals surface area contributed by atoms with Crippen molar-refractivity contribution in [2.24, 2.45) is 5.92 Å². The number of nitrogens with one attached hydrogen (secondary N) is 1. The smallest absolute Gasteiger partial charge is 0.331 e. The Balaban J connectivity index is 2.43. The molecule has 0 radical (unpaired) electrons. The number of amides is 1. The van der Waals surface area contributed by atoms with Crippen molar-refractivity contribution in [2.45, 2.75) is 46.0 Å². The van der Waals surface area contributed by atoms with Crippen LogP contribution >= 0.6 is 0 Å². The predicted molar refractivity (Wildman–Crippen MR) is 65.6 cm³/mol. The van der Waals surface area contributed by atoms with Crippen LogP contribution in [0.4, 0.5) is 0 Å². The van der Waals surface area contributed by atoms with Crippen LogP contribution in [0.25, 0.3) is 0 Å². The Morgan fingerprint density at radius 2 is 1.71 bits per heavy atom. The van der Waals surface area contributed by atoms with Gasteiger partial charge in [0.05, 0.1) is 0 Å². The highest BCUT2D eigenvalue weighted by atomic mass is 16.4. The van der Waals surface area contributed by atoms with Gasteiger partial charge in [0.25, 0.3) is 0 Å².